The number of carbonyl (C=O) groups is 1. The summed E-state index contributed by atoms with van der Waals surface area (Å²) in [6.07, 6.45) is 0.598. The van der Waals surface area contributed by atoms with Gasteiger partial charge in [0.05, 0.1) is 18.3 Å². The summed E-state index contributed by atoms with van der Waals surface area (Å²) in [6.45, 7) is 4.34. The second-order valence-electron chi connectivity index (χ2n) is 7.17. The van der Waals surface area contributed by atoms with Crippen LogP contribution in [0.25, 0.3) is 5.69 Å². The molecule has 0 fully saturated rings. The van der Waals surface area contributed by atoms with E-state index in [4.69, 9.17) is 4.74 Å². The van der Waals surface area contributed by atoms with Crippen LogP contribution in [-0.2, 0) is 0 Å². The number of nitrogens with zero attached hydrogens (tertiary/aromatic N) is 2. The predicted molar refractivity (Wildman–Crippen MR) is 108 cm³/mol. The molecule has 0 radical (unpaired) electrons. The Morgan fingerprint density at radius 2 is 1.97 bits per heavy atom. The van der Waals surface area contributed by atoms with Gasteiger partial charge in [0.1, 0.15) is 5.75 Å². The number of aryl methyl sites for hydroxylation is 2. The summed E-state index contributed by atoms with van der Waals surface area (Å²) >= 11 is 0. The van der Waals surface area contributed by atoms with Crippen molar-refractivity contribution in [3.05, 3.63) is 81.3 Å². The number of aromatic hydroxyl groups is 1. The van der Waals surface area contributed by atoms with E-state index in [0.29, 0.717) is 18.7 Å². The number of rotatable bonds is 3. The molecule has 7 heteroatoms. The Balaban J connectivity index is 1.67. The fraction of sp³-hybridized carbons (Fsp3) is 0.227. The molecular weight excluding hydrogens is 370 g/mol. The Kier molecular flexibility index (Phi) is 4.80. The second-order valence-corrected chi connectivity index (χ2v) is 7.17. The highest BCUT2D eigenvalue weighted by molar-refractivity contribution is 5.95. The number of benzene rings is 2. The molecule has 0 aliphatic carbocycles. The third-order valence-corrected chi connectivity index (χ3v) is 4.88. The maximum absolute atomic E-state index is 12.9. The third-order valence-electron chi connectivity index (χ3n) is 4.88. The third kappa shape index (κ3) is 3.71. The SMILES string of the molecule is Cc1cccc(-n2nc(C(=O)NC3CCOc4ccc(C)cc43)c(O)cc2=O)c1. The largest absolute Gasteiger partial charge is 0.505 e. The van der Waals surface area contributed by atoms with E-state index in [9.17, 15) is 14.7 Å². The highest BCUT2D eigenvalue weighted by atomic mass is 16.5. The van der Waals surface area contributed by atoms with E-state index >= 15 is 0 Å². The van der Waals surface area contributed by atoms with Crippen LogP contribution in [-0.4, -0.2) is 27.4 Å². The van der Waals surface area contributed by atoms with E-state index in [2.05, 4.69) is 10.4 Å². The van der Waals surface area contributed by atoms with Gasteiger partial charge in [-0.3, -0.25) is 9.59 Å². The molecule has 2 aromatic carbocycles. The van der Waals surface area contributed by atoms with Crippen LogP contribution in [0.15, 0.2) is 53.3 Å². The minimum Gasteiger partial charge on any atom is -0.505 e. The van der Waals surface area contributed by atoms with E-state index < -0.39 is 17.2 Å². The molecule has 1 atom stereocenters. The molecule has 7 nitrogen and oxygen atoms in total. The predicted octanol–water partition coefficient (Wildman–Crippen LogP) is 2.81. The summed E-state index contributed by atoms with van der Waals surface area (Å²) in [5.74, 6) is -0.273. The molecule has 0 saturated heterocycles. The van der Waals surface area contributed by atoms with Gasteiger partial charge in [0.15, 0.2) is 11.4 Å². The van der Waals surface area contributed by atoms with E-state index in [1.54, 1.807) is 18.2 Å². The van der Waals surface area contributed by atoms with Crippen LogP contribution in [0.4, 0.5) is 0 Å². The van der Waals surface area contributed by atoms with Gasteiger partial charge in [-0.25, -0.2) is 0 Å². The first-order valence-corrected chi connectivity index (χ1v) is 9.37. The second kappa shape index (κ2) is 7.43. The lowest BCUT2D eigenvalue weighted by atomic mass is 9.98. The van der Waals surface area contributed by atoms with Crippen molar-refractivity contribution >= 4 is 5.91 Å². The van der Waals surface area contributed by atoms with Crippen LogP contribution in [0, 0.1) is 13.8 Å². The van der Waals surface area contributed by atoms with Gasteiger partial charge in [0, 0.05) is 18.1 Å². The topological polar surface area (TPSA) is 93.5 Å². The number of ether oxygens (including phenoxy) is 1. The molecule has 1 aromatic heterocycles. The maximum Gasteiger partial charge on any atom is 0.276 e. The van der Waals surface area contributed by atoms with Crippen molar-refractivity contribution < 1.29 is 14.6 Å². The molecule has 1 aliphatic rings. The molecular formula is C22H21N3O4. The Morgan fingerprint density at radius 1 is 1.17 bits per heavy atom. The van der Waals surface area contributed by atoms with Crippen molar-refractivity contribution in [1.82, 2.24) is 15.1 Å². The average Bonchev–Trinajstić information content (AvgIpc) is 2.68. The van der Waals surface area contributed by atoms with Crippen LogP contribution in [0.5, 0.6) is 11.5 Å². The number of aromatic nitrogens is 2. The molecule has 1 aliphatic heterocycles. The number of fused-ring (bicyclic) bond motifs is 1. The number of hydrogen-bond acceptors (Lipinski definition) is 5. The van der Waals surface area contributed by atoms with Gasteiger partial charge >= 0.3 is 0 Å². The van der Waals surface area contributed by atoms with E-state index in [-0.39, 0.29) is 11.7 Å². The first-order chi connectivity index (χ1) is 13.9. The Labute approximate surface area is 167 Å². The van der Waals surface area contributed by atoms with Gasteiger partial charge in [-0.1, -0.05) is 29.8 Å². The molecule has 2 N–H and O–H groups in total. The van der Waals surface area contributed by atoms with Crippen LogP contribution in [0.3, 0.4) is 0 Å². The van der Waals surface area contributed by atoms with Gasteiger partial charge in [-0.05, 0) is 37.6 Å². The van der Waals surface area contributed by atoms with Crippen LogP contribution < -0.4 is 15.6 Å². The van der Waals surface area contributed by atoms with Crippen molar-refractivity contribution in [2.75, 3.05) is 6.61 Å². The summed E-state index contributed by atoms with van der Waals surface area (Å²) in [7, 11) is 0. The highest BCUT2D eigenvalue weighted by Gasteiger charge is 2.26. The summed E-state index contributed by atoms with van der Waals surface area (Å²) < 4.78 is 6.78. The molecule has 0 bridgehead atoms. The number of hydrogen-bond donors (Lipinski definition) is 2. The lowest BCUT2D eigenvalue weighted by Gasteiger charge is -2.27. The molecule has 1 unspecified atom stereocenters. The van der Waals surface area contributed by atoms with Crippen LogP contribution in [0.2, 0.25) is 0 Å². The summed E-state index contributed by atoms with van der Waals surface area (Å²) in [4.78, 5) is 25.2. The lowest BCUT2D eigenvalue weighted by Crippen LogP contribution is -2.34. The van der Waals surface area contributed by atoms with Gasteiger partial charge < -0.3 is 15.2 Å². The van der Waals surface area contributed by atoms with Crippen molar-refractivity contribution in [1.29, 1.82) is 0 Å². The highest BCUT2D eigenvalue weighted by Crippen LogP contribution is 2.33. The summed E-state index contributed by atoms with van der Waals surface area (Å²) in [6, 6.07) is 13.7. The molecule has 0 spiro atoms. The molecule has 29 heavy (non-hydrogen) atoms. The number of carbonyl (C=O) groups excluding carboxylic acids is 1. The van der Waals surface area contributed by atoms with E-state index in [1.807, 2.05) is 38.1 Å². The van der Waals surface area contributed by atoms with E-state index in [0.717, 1.165) is 33.2 Å². The van der Waals surface area contributed by atoms with Crippen molar-refractivity contribution in [3.8, 4) is 17.2 Å². The van der Waals surface area contributed by atoms with Crippen LogP contribution in [0.1, 0.15) is 39.6 Å². The average molecular weight is 391 g/mol. The monoisotopic (exact) mass is 391 g/mol. The van der Waals surface area contributed by atoms with Gasteiger partial charge in [-0.15, -0.1) is 0 Å². The normalized spacial score (nSPS) is 15.3. The molecule has 4 rings (SSSR count). The zero-order chi connectivity index (χ0) is 20.5. The molecule has 3 aromatic rings. The zero-order valence-electron chi connectivity index (χ0n) is 16.2. The molecule has 0 saturated carbocycles. The first-order valence-electron chi connectivity index (χ1n) is 9.37. The lowest BCUT2D eigenvalue weighted by molar-refractivity contribution is 0.0914. The maximum atomic E-state index is 12.9. The van der Waals surface area contributed by atoms with E-state index in [1.165, 1.54) is 0 Å². The fourth-order valence-corrected chi connectivity index (χ4v) is 3.44. The molecule has 2 heterocycles. The van der Waals surface area contributed by atoms with Crippen molar-refractivity contribution in [3.63, 3.8) is 0 Å². The van der Waals surface area contributed by atoms with Crippen molar-refractivity contribution in [2.24, 2.45) is 0 Å². The number of nitrogens with one attached hydrogen (secondary N) is 1. The minimum absolute atomic E-state index is 0.202. The number of amides is 1. The Morgan fingerprint density at radius 3 is 2.76 bits per heavy atom. The first kappa shape index (κ1) is 18.7. The van der Waals surface area contributed by atoms with Crippen LogP contribution >= 0.6 is 0 Å². The minimum atomic E-state index is -0.553. The Bertz CT molecular complexity index is 1150. The Hall–Kier alpha value is -3.61. The van der Waals surface area contributed by atoms with Crippen molar-refractivity contribution in [2.45, 2.75) is 26.3 Å². The zero-order valence-corrected chi connectivity index (χ0v) is 16.2. The molecule has 148 valence electrons. The summed E-state index contributed by atoms with van der Waals surface area (Å²) in [5.41, 5.74) is 2.70. The molecule has 1 amide bonds. The van der Waals surface area contributed by atoms with Gasteiger partial charge in [0.25, 0.3) is 11.5 Å². The fourth-order valence-electron chi connectivity index (χ4n) is 3.44. The van der Waals surface area contributed by atoms with Gasteiger partial charge in [-0.2, -0.15) is 9.78 Å². The summed E-state index contributed by atoms with van der Waals surface area (Å²) in [5, 5.41) is 17.2. The smallest absolute Gasteiger partial charge is 0.276 e. The van der Waals surface area contributed by atoms with Gasteiger partial charge in [0.2, 0.25) is 0 Å². The quantitative estimate of drug-likeness (QED) is 0.716. The standard InChI is InChI=1S/C22H21N3O4/c1-13-4-3-5-15(10-13)25-20(27)12-18(26)21(24-25)22(28)23-17-8-9-29-19-7-6-14(2)11-16(17)19/h3-7,10-12,17,26H,8-9H2,1-2H3,(H,23,28).